The Labute approximate surface area is 111 Å². The summed E-state index contributed by atoms with van der Waals surface area (Å²) in [5, 5.41) is 8.06. The van der Waals surface area contributed by atoms with Gasteiger partial charge in [-0.2, -0.15) is 0 Å². The average molecular weight is 259 g/mol. The topological polar surface area (TPSA) is 69.2 Å². The number of rotatable bonds is 3. The number of hydrogen-bond acceptors (Lipinski definition) is 5. The first-order valence-electron chi connectivity index (χ1n) is 6.27. The largest absolute Gasteiger partial charge is 0.496 e. The van der Waals surface area contributed by atoms with E-state index in [1.807, 2.05) is 18.2 Å². The zero-order valence-electron chi connectivity index (χ0n) is 10.9. The van der Waals surface area contributed by atoms with Gasteiger partial charge < -0.3 is 15.0 Å². The SMILES string of the molecule is COc1ccc(N)cc1CN1CCn2cnnc2C1. The van der Waals surface area contributed by atoms with Crippen molar-refractivity contribution in [1.82, 2.24) is 19.7 Å². The number of aromatic nitrogens is 3. The molecule has 2 N–H and O–H groups in total. The molecule has 100 valence electrons. The highest BCUT2D eigenvalue weighted by molar-refractivity contribution is 5.47. The summed E-state index contributed by atoms with van der Waals surface area (Å²) in [5.41, 5.74) is 7.71. The Bertz CT molecular complexity index is 580. The van der Waals surface area contributed by atoms with Gasteiger partial charge in [-0.15, -0.1) is 10.2 Å². The predicted molar refractivity (Wildman–Crippen MR) is 71.5 cm³/mol. The van der Waals surface area contributed by atoms with E-state index in [2.05, 4.69) is 19.7 Å². The molecular weight excluding hydrogens is 242 g/mol. The molecule has 1 aliphatic rings. The molecule has 6 heteroatoms. The van der Waals surface area contributed by atoms with E-state index in [1.54, 1.807) is 13.4 Å². The Kier molecular flexibility index (Phi) is 3.08. The van der Waals surface area contributed by atoms with Gasteiger partial charge in [-0.25, -0.2) is 0 Å². The van der Waals surface area contributed by atoms with E-state index in [0.29, 0.717) is 0 Å². The predicted octanol–water partition coefficient (Wildman–Crippen LogP) is 0.885. The molecule has 2 heterocycles. The number of nitrogen functional groups attached to an aromatic ring is 1. The van der Waals surface area contributed by atoms with Crippen molar-refractivity contribution in [3.63, 3.8) is 0 Å². The van der Waals surface area contributed by atoms with Crippen molar-refractivity contribution in [2.45, 2.75) is 19.6 Å². The van der Waals surface area contributed by atoms with Gasteiger partial charge in [0.1, 0.15) is 17.9 Å². The Morgan fingerprint density at radius 1 is 1.37 bits per heavy atom. The number of anilines is 1. The number of fused-ring (bicyclic) bond motifs is 1. The minimum Gasteiger partial charge on any atom is -0.496 e. The Morgan fingerprint density at radius 3 is 3.11 bits per heavy atom. The van der Waals surface area contributed by atoms with Gasteiger partial charge in [0.2, 0.25) is 0 Å². The van der Waals surface area contributed by atoms with Crippen LogP contribution in [0.3, 0.4) is 0 Å². The van der Waals surface area contributed by atoms with Gasteiger partial charge in [0, 0.05) is 30.9 Å². The second-order valence-corrected chi connectivity index (χ2v) is 4.72. The number of nitrogens with zero attached hydrogens (tertiary/aromatic N) is 4. The average Bonchev–Trinajstić information content (AvgIpc) is 2.86. The van der Waals surface area contributed by atoms with Crippen LogP contribution in [-0.4, -0.2) is 33.3 Å². The molecule has 0 saturated carbocycles. The van der Waals surface area contributed by atoms with Gasteiger partial charge in [0.15, 0.2) is 0 Å². The molecule has 0 fully saturated rings. The van der Waals surface area contributed by atoms with Gasteiger partial charge in [-0.1, -0.05) is 0 Å². The zero-order valence-corrected chi connectivity index (χ0v) is 10.9. The van der Waals surface area contributed by atoms with Gasteiger partial charge >= 0.3 is 0 Å². The van der Waals surface area contributed by atoms with E-state index in [0.717, 1.165) is 49.0 Å². The molecule has 1 aliphatic heterocycles. The lowest BCUT2D eigenvalue weighted by Gasteiger charge is -2.27. The molecule has 2 aromatic rings. The molecule has 1 aromatic carbocycles. The Balaban J connectivity index is 1.77. The van der Waals surface area contributed by atoms with Gasteiger partial charge in [0.25, 0.3) is 0 Å². The smallest absolute Gasteiger partial charge is 0.147 e. The third-order valence-corrected chi connectivity index (χ3v) is 3.42. The third-order valence-electron chi connectivity index (χ3n) is 3.42. The second kappa shape index (κ2) is 4.89. The lowest BCUT2D eigenvalue weighted by atomic mass is 10.1. The second-order valence-electron chi connectivity index (χ2n) is 4.72. The normalized spacial score (nSPS) is 15.2. The summed E-state index contributed by atoms with van der Waals surface area (Å²) >= 11 is 0. The molecule has 0 spiro atoms. The van der Waals surface area contributed by atoms with E-state index < -0.39 is 0 Å². The summed E-state index contributed by atoms with van der Waals surface area (Å²) in [6.07, 6.45) is 1.79. The van der Waals surface area contributed by atoms with Crippen LogP contribution in [0, 0.1) is 0 Å². The number of hydrogen-bond donors (Lipinski definition) is 1. The highest BCUT2D eigenvalue weighted by Gasteiger charge is 2.18. The van der Waals surface area contributed by atoms with Crippen molar-refractivity contribution < 1.29 is 4.74 Å². The summed E-state index contributed by atoms with van der Waals surface area (Å²) in [6, 6.07) is 5.74. The van der Waals surface area contributed by atoms with E-state index in [-0.39, 0.29) is 0 Å². The summed E-state index contributed by atoms with van der Waals surface area (Å²) in [7, 11) is 1.68. The summed E-state index contributed by atoms with van der Waals surface area (Å²) in [5.74, 6) is 1.88. The van der Waals surface area contributed by atoms with Gasteiger partial charge in [-0.3, -0.25) is 4.90 Å². The van der Waals surface area contributed by atoms with Crippen molar-refractivity contribution in [2.75, 3.05) is 19.4 Å². The lowest BCUT2D eigenvalue weighted by molar-refractivity contribution is 0.206. The van der Waals surface area contributed by atoms with Crippen molar-refractivity contribution >= 4 is 5.69 Å². The van der Waals surface area contributed by atoms with Crippen LogP contribution in [-0.2, 0) is 19.6 Å². The number of benzene rings is 1. The lowest BCUT2D eigenvalue weighted by Crippen LogP contribution is -2.33. The first kappa shape index (κ1) is 12.0. The highest BCUT2D eigenvalue weighted by atomic mass is 16.5. The Morgan fingerprint density at radius 2 is 2.26 bits per heavy atom. The van der Waals surface area contributed by atoms with Crippen LogP contribution in [0.5, 0.6) is 5.75 Å². The molecule has 0 aliphatic carbocycles. The molecular formula is C13H17N5O. The molecule has 6 nitrogen and oxygen atoms in total. The maximum atomic E-state index is 5.85. The van der Waals surface area contributed by atoms with Crippen LogP contribution in [0.1, 0.15) is 11.4 Å². The number of ether oxygens (including phenoxy) is 1. The molecule has 1 aromatic heterocycles. The van der Waals surface area contributed by atoms with Crippen molar-refractivity contribution in [3.05, 3.63) is 35.9 Å². The summed E-state index contributed by atoms with van der Waals surface area (Å²) in [6.45, 7) is 3.51. The van der Waals surface area contributed by atoms with Gasteiger partial charge in [-0.05, 0) is 18.2 Å². The summed E-state index contributed by atoms with van der Waals surface area (Å²) in [4.78, 5) is 2.32. The standard InChI is InChI=1S/C13H17N5O/c1-19-12-3-2-11(14)6-10(12)7-17-4-5-18-9-15-16-13(18)8-17/h2-3,6,9H,4-5,7-8,14H2,1H3. The van der Waals surface area contributed by atoms with Crippen molar-refractivity contribution in [1.29, 1.82) is 0 Å². The quantitative estimate of drug-likeness (QED) is 0.829. The molecule has 0 radical (unpaired) electrons. The monoisotopic (exact) mass is 259 g/mol. The van der Waals surface area contributed by atoms with Crippen LogP contribution < -0.4 is 10.5 Å². The van der Waals surface area contributed by atoms with Crippen molar-refractivity contribution in [2.24, 2.45) is 0 Å². The van der Waals surface area contributed by atoms with Crippen LogP contribution >= 0.6 is 0 Å². The van der Waals surface area contributed by atoms with Crippen LogP contribution in [0.4, 0.5) is 5.69 Å². The van der Waals surface area contributed by atoms with E-state index in [9.17, 15) is 0 Å². The third kappa shape index (κ3) is 2.39. The Hall–Kier alpha value is -2.08. The van der Waals surface area contributed by atoms with Crippen LogP contribution in [0.25, 0.3) is 0 Å². The fourth-order valence-electron chi connectivity index (χ4n) is 2.41. The minimum atomic E-state index is 0.760. The maximum absolute atomic E-state index is 5.85. The molecule has 0 saturated heterocycles. The maximum Gasteiger partial charge on any atom is 0.147 e. The van der Waals surface area contributed by atoms with E-state index in [1.165, 1.54) is 0 Å². The van der Waals surface area contributed by atoms with E-state index >= 15 is 0 Å². The fourth-order valence-corrected chi connectivity index (χ4v) is 2.41. The minimum absolute atomic E-state index is 0.760. The molecule has 0 bridgehead atoms. The van der Waals surface area contributed by atoms with Crippen LogP contribution in [0.2, 0.25) is 0 Å². The molecule has 0 amide bonds. The summed E-state index contributed by atoms with van der Waals surface area (Å²) < 4.78 is 7.47. The molecule has 0 atom stereocenters. The van der Waals surface area contributed by atoms with Crippen LogP contribution in [0.15, 0.2) is 24.5 Å². The number of methoxy groups -OCH3 is 1. The zero-order chi connectivity index (χ0) is 13.2. The first-order valence-corrected chi connectivity index (χ1v) is 6.27. The molecule has 19 heavy (non-hydrogen) atoms. The van der Waals surface area contributed by atoms with Gasteiger partial charge in [0.05, 0.1) is 13.7 Å². The van der Waals surface area contributed by atoms with Crippen molar-refractivity contribution in [3.8, 4) is 5.75 Å². The molecule has 0 unspecified atom stereocenters. The number of nitrogens with two attached hydrogens (primary N) is 1. The highest BCUT2D eigenvalue weighted by Crippen LogP contribution is 2.24. The first-order chi connectivity index (χ1) is 9.26. The molecule has 3 rings (SSSR count). The fraction of sp³-hybridized carbons (Fsp3) is 0.385. The van der Waals surface area contributed by atoms with E-state index in [4.69, 9.17) is 10.5 Å².